The van der Waals surface area contributed by atoms with E-state index in [0.29, 0.717) is 6.61 Å². The smallest absolute Gasteiger partial charge is 0.134 e. The van der Waals surface area contributed by atoms with E-state index >= 15 is 0 Å². The van der Waals surface area contributed by atoms with Crippen molar-refractivity contribution < 1.29 is 9.47 Å². The standard InChI is InChI=1S/C11H16BrNO2/c1-13-7-11(8-14-2)15-10-5-3-9(12)4-6-10/h3-6,11,13H,7-8H2,1-2H3. The maximum atomic E-state index is 5.74. The largest absolute Gasteiger partial charge is 0.487 e. The molecule has 0 fully saturated rings. The summed E-state index contributed by atoms with van der Waals surface area (Å²) in [6.45, 7) is 1.35. The molecule has 84 valence electrons. The van der Waals surface area contributed by atoms with Crippen LogP contribution in [0, 0.1) is 0 Å². The van der Waals surface area contributed by atoms with Crippen LogP contribution in [0.3, 0.4) is 0 Å². The van der Waals surface area contributed by atoms with Crippen LogP contribution in [0.25, 0.3) is 0 Å². The lowest BCUT2D eigenvalue weighted by Gasteiger charge is -2.17. The minimum atomic E-state index is 0.0428. The maximum Gasteiger partial charge on any atom is 0.134 e. The Kier molecular flexibility index (Phi) is 5.68. The van der Waals surface area contributed by atoms with Crippen molar-refractivity contribution in [2.45, 2.75) is 6.10 Å². The summed E-state index contributed by atoms with van der Waals surface area (Å²) >= 11 is 3.38. The molecule has 0 aliphatic heterocycles. The second-order valence-corrected chi connectivity index (χ2v) is 4.12. The van der Waals surface area contributed by atoms with Gasteiger partial charge in [-0.05, 0) is 31.3 Å². The predicted molar refractivity (Wildman–Crippen MR) is 64.4 cm³/mol. The molecule has 1 N–H and O–H groups in total. The first-order valence-electron chi connectivity index (χ1n) is 4.82. The molecule has 0 bridgehead atoms. The minimum absolute atomic E-state index is 0.0428. The van der Waals surface area contributed by atoms with Gasteiger partial charge in [0.1, 0.15) is 11.9 Å². The van der Waals surface area contributed by atoms with Crippen molar-refractivity contribution in [3.63, 3.8) is 0 Å². The Balaban J connectivity index is 2.53. The van der Waals surface area contributed by atoms with Crippen LogP contribution >= 0.6 is 15.9 Å². The van der Waals surface area contributed by atoms with Crippen molar-refractivity contribution in [2.24, 2.45) is 0 Å². The van der Waals surface area contributed by atoms with Gasteiger partial charge >= 0.3 is 0 Å². The molecule has 1 atom stereocenters. The second kappa shape index (κ2) is 6.82. The summed E-state index contributed by atoms with van der Waals surface area (Å²) in [6, 6.07) is 7.78. The van der Waals surface area contributed by atoms with E-state index < -0.39 is 0 Å². The van der Waals surface area contributed by atoms with Gasteiger partial charge in [0, 0.05) is 18.1 Å². The lowest BCUT2D eigenvalue weighted by molar-refractivity contribution is 0.0818. The van der Waals surface area contributed by atoms with Crippen LogP contribution in [0.5, 0.6) is 5.75 Å². The highest BCUT2D eigenvalue weighted by Crippen LogP contribution is 2.17. The van der Waals surface area contributed by atoms with E-state index in [4.69, 9.17) is 9.47 Å². The first-order valence-corrected chi connectivity index (χ1v) is 5.61. The van der Waals surface area contributed by atoms with Gasteiger partial charge in [-0.1, -0.05) is 15.9 Å². The fraction of sp³-hybridized carbons (Fsp3) is 0.455. The summed E-state index contributed by atoms with van der Waals surface area (Å²) < 4.78 is 11.9. The van der Waals surface area contributed by atoms with E-state index in [-0.39, 0.29) is 6.10 Å². The number of hydrogen-bond acceptors (Lipinski definition) is 3. The Morgan fingerprint density at radius 1 is 1.33 bits per heavy atom. The summed E-state index contributed by atoms with van der Waals surface area (Å²) in [5.41, 5.74) is 0. The minimum Gasteiger partial charge on any atom is -0.487 e. The Hall–Kier alpha value is -0.580. The lowest BCUT2D eigenvalue weighted by Crippen LogP contribution is -2.33. The highest BCUT2D eigenvalue weighted by Gasteiger charge is 2.08. The number of rotatable bonds is 6. The summed E-state index contributed by atoms with van der Waals surface area (Å²) in [4.78, 5) is 0. The molecule has 1 aromatic rings. The Bertz CT molecular complexity index is 270. The zero-order valence-electron chi connectivity index (χ0n) is 9.00. The number of methoxy groups -OCH3 is 1. The topological polar surface area (TPSA) is 30.5 Å². The Morgan fingerprint density at radius 2 is 2.00 bits per heavy atom. The number of benzene rings is 1. The molecular formula is C11H16BrNO2. The first kappa shape index (κ1) is 12.5. The van der Waals surface area contributed by atoms with Gasteiger partial charge in [0.15, 0.2) is 0 Å². The molecule has 0 saturated carbocycles. The molecule has 4 heteroatoms. The molecule has 0 saturated heterocycles. The van der Waals surface area contributed by atoms with Gasteiger partial charge in [0.2, 0.25) is 0 Å². The van der Waals surface area contributed by atoms with Gasteiger partial charge in [-0.2, -0.15) is 0 Å². The summed E-state index contributed by atoms with van der Waals surface area (Å²) in [7, 11) is 3.57. The van der Waals surface area contributed by atoms with Crippen LogP contribution in [0.4, 0.5) is 0 Å². The SMILES string of the molecule is CNCC(COC)Oc1ccc(Br)cc1. The molecular weight excluding hydrogens is 258 g/mol. The molecule has 0 aliphatic rings. The highest BCUT2D eigenvalue weighted by molar-refractivity contribution is 9.10. The molecule has 15 heavy (non-hydrogen) atoms. The second-order valence-electron chi connectivity index (χ2n) is 3.21. The van der Waals surface area contributed by atoms with Gasteiger partial charge < -0.3 is 14.8 Å². The third-order valence-electron chi connectivity index (χ3n) is 1.90. The van der Waals surface area contributed by atoms with Crippen LogP contribution in [0.2, 0.25) is 0 Å². The van der Waals surface area contributed by atoms with Crippen molar-refractivity contribution in [3.8, 4) is 5.75 Å². The molecule has 0 radical (unpaired) electrons. The zero-order valence-corrected chi connectivity index (χ0v) is 10.6. The van der Waals surface area contributed by atoms with Gasteiger partial charge in [-0.15, -0.1) is 0 Å². The monoisotopic (exact) mass is 273 g/mol. The van der Waals surface area contributed by atoms with Gasteiger partial charge in [-0.3, -0.25) is 0 Å². The van der Waals surface area contributed by atoms with E-state index in [1.165, 1.54) is 0 Å². The number of likely N-dealkylation sites (N-methyl/N-ethyl adjacent to an activating group) is 1. The maximum absolute atomic E-state index is 5.74. The molecule has 1 unspecified atom stereocenters. The summed E-state index contributed by atoms with van der Waals surface area (Å²) in [6.07, 6.45) is 0.0428. The third kappa shape index (κ3) is 4.64. The quantitative estimate of drug-likeness (QED) is 0.861. The lowest BCUT2D eigenvalue weighted by atomic mass is 10.3. The molecule has 0 spiro atoms. The number of nitrogens with one attached hydrogen (secondary N) is 1. The predicted octanol–water partition coefficient (Wildman–Crippen LogP) is 2.06. The molecule has 0 heterocycles. The van der Waals surface area contributed by atoms with Crippen LogP contribution in [0.1, 0.15) is 0 Å². The van der Waals surface area contributed by atoms with Gasteiger partial charge in [0.25, 0.3) is 0 Å². The fourth-order valence-corrected chi connectivity index (χ4v) is 1.52. The summed E-state index contributed by atoms with van der Waals surface area (Å²) in [5, 5.41) is 3.07. The van der Waals surface area contributed by atoms with Crippen molar-refractivity contribution in [2.75, 3.05) is 27.3 Å². The normalized spacial score (nSPS) is 12.5. The molecule has 0 aromatic heterocycles. The van der Waals surface area contributed by atoms with E-state index in [9.17, 15) is 0 Å². The van der Waals surface area contributed by atoms with Gasteiger partial charge in [-0.25, -0.2) is 0 Å². The zero-order chi connectivity index (χ0) is 11.1. The number of halogens is 1. The Morgan fingerprint density at radius 3 is 2.53 bits per heavy atom. The van der Waals surface area contributed by atoms with E-state index in [1.54, 1.807) is 7.11 Å². The number of hydrogen-bond donors (Lipinski definition) is 1. The van der Waals surface area contributed by atoms with Crippen molar-refractivity contribution >= 4 is 15.9 Å². The third-order valence-corrected chi connectivity index (χ3v) is 2.43. The summed E-state index contributed by atoms with van der Waals surface area (Å²) in [5.74, 6) is 0.857. The Labute approximate surface area is 98.9 Å². The molecule has 1 rings (SSSR count). The first-order chi connectivity index (χ1) is 7.26. The van der Waals surface area contributed by atoms with Crippen LogP contribution < -0.4 is 10.1 Å². The number of ether oxygens (including phenoxy) is 2. The van der Waals surface area contributed by atoms with E-state index in [2.05, 4.69) is 21.2 Å². The van der Waals surface area contributed by atoms with Crippen LogP contribution in [-0.4, -0.2) is 33.4 Å². The average Bonchev–Trinajstić information content (AvgIpc) is 2.22. The van der Waals surface area contributed by atoms with Gasteiger partial charge in [0.05, 0.1) is 6.61 Å². The van der Waals surface area contributed by atoms with Crippen LogP contribution in [-0.2, 0) is 4.74 Å². The highest BCUT2D eigenvalue weighted by atomic mass is 79.9. The van der Waals surface area contributed by atoms with E-state index in [1.807, 2.05) is 31.3 Å². The molecule has 3 nitrogen and oxygen atoms in total. The van der Waals surface area contributed by atoms with E-state index in [0.717, 1.165) is 16.8 Å². The van der Waals surface area contributed by atoms with Crippen LogP contribution in [0.15, 0.2) is 28.7 Å². The molecule has 0 aliphatic carbocycles. The average molecular weight is 274 g/mol. The molecule has 1 aromatic carbocycles. The fourth-order valence-electron chi connectivity index (χ4n) is 1.25. The van der Waals surface area contributed by atoms with Crippen molar-refractivity contribution in [3.05, 3.63) is 28.7 Å². The van der Waals surface area contributed by atoms with Crippen molar-refractivity contribution in [1.82, 2.24) is 5.32 Å². The molecule has 0 amide bonds. The van der Waals surface area contributed by atoms with Crippen molar-refractivity contribution in [1.29, 1.82) is 0 Å².